The average Bonchev–Trinajstić information content (AvgIpc) is 3.31. The van der Waals surface area contributed by atoms with Gasteiger partial charge >= 0.3 is 7.60 Å². The van der Waals surface area contributed by atoms with Gasteiger partial charge in [0.15, 0.2) is 11.9 Å². The van der Waals surface area contributed by atoms with Crippen molar-refractivity contribution in [3.63, 3.8) is 0 Å². The van der Waals surface area contributed by atoms with E-state index in [-0.39, 0.29) is 17.5 Å². The Hall–Kier alpha value is -2.35. The summed E-state index contributed by atoms with van der Waals surface area (Å²) < 4.78 is 17.9. The van der Waals surface area contributed by atoms with Crippen LogP contribution in [0.3, 0.4) is 0 Å². The van der Waals surface area contributed by atoms with Crippen molar-refractivity contribution in [1.29, 1.82) is 0 Å². The Labute approximate surface area is 208 Å². The molecule has 0 bridgehead atoms. The highest BCUT2D eigenvalue weighted by atomic mass is 35.5. The molecule has 3 heterocycles. The van der Waals surface area contributed by atoms with E-state index in [1.54, 1.807) is 6.07 Å². The molecule has 0 radical (unpaired) electrons. The second kappa shape index (κ2) is 10.3. The maximum atomic E-state index is 11.7. The van der Waals surface area contributed by atoms with Crippen LogP contribution < -0.4 is 10.6 Å². The van der Waals surface area contributed by atoms with Gasteiger partial charge in [-0.15, -0.1) is 0 Å². The minimum atomic E-state index is -4.55. The van der Waals surface area contributed by atoms with Crippen LogP contribution in [-0.4, -0.2) is 76.7 Å². The third-order valence-corrected chi connectivity index (χ3v) is 6.50. The number of rotatable bonds is 8. The Morgan fingerprint density at radius 3 is 2.63 bits per heavy atom. The Kier molecular flexibility index (Phi) is 7.60. The lowest BCUT2D eigenvalue weighted by Gasteiger charge is -2.16. The third kappa shape index (κ3) is 5.90. The molecule has 4 atom stereocenters. The first-order valence-electron chi connectivity index (χ1n) is 10.2. The standard InChI is InChI=1S/C19H21Cl2N6O7P/c20-11-4-2-1-3-9(11)5-23-16-10-6-24-27(17(10)26-19(21)25-16)18-15(30)14(29)12(34-18)7-22-13(28)8-35(31,32)33/h1-4,6,12,14-15,18,29-30H,5,7-8H2,(H,22,28)(H,23,25,26)(H2,31,32,33)/t12-,14-,15-,18-/m1/s1. The molecule has 35 heavy (non-hydrogen) atoms. The molecule has 13 nitrogen and oxygen atoms in total. The Bertz CT molecular complexity index is 1290. The van der Waals surface area contributed by atoms with Crippen molar-refractivity contribution >= 4 is 53.6 Å². The summed E-state index contributed by atoms with van der Waals surface area (Å²) in [6.45, 7) is 0.0398. The van der Waals surface area contributed by atoms with Gasteiger partial charge in [-0.2, -0.15) is 15.1 Å². The number of carbonyl (C=O) groups excluding carboxylic acids is 1. The molecule has 188 valence electrons. The quantitative estimate of drug-likeness (QED) is 0.172. The fourth-order valence-corrected chi connectivity index (χ4v) is 4.45. The number of ether oxygens (including phenoxy) is 1. The summed E-state index contributed by atoms with van der Waals surface area (Å²) in [5.41, 5.74) is 1.04. The summed E-state index contributed by atoms with van der Waals surface area (Å²) >= 11 is 12.3. The molecule has 0 unspecified atom stereocenters. The monoisotopic (exact) mass is 546 g/mol. The van der Waals surface area contributed by atoms with Crippen molar-refractivity contribution in [3.05, 3.63) is 46.3 Å². The van der Waals surface area contributed by atoms with Crippen molar-refractivity contribution in [1.82, 2.24) is 25.1 Å². The molecule has 1 fully saturated rings. The lowest BCUT2D eigenvalue weighted by molar-refractivity contribution is -0.120. The van der Waals surface area contributed by atoms with Crippen LogP contribution in [0.4, 0.5) is 5.82 Å². The first-order valence-corrected chi connectivity index (χ1v) is 12.8. The number of benzene rings is 1. The van der Waals surface area contributed by atoms with E-state index in [1.165, 1.54) is 10.9 Å². The zero-order valence-corrected chi connectivity index (χ0v) is 20.2. The predicted octanol–water partition coefficient (Wildman–Crippen LogP) is 0.658. The number of nitrogens with zero attached hydrogens (tertiary/aromatic N) is 4. The fourth-order valence-electron chi connectivity index (χ4n) is 3.60. The van der Waals surface area contributed by atoms with Crippen LogP contribution in [-0.2, 0) is 20.6 Å². The van der Waals surface area contributed by atoms with Crippen molar-refractivity contribution in [3.8, 4) is 0 Å². The largest absolute Gasteiger partial charge is 0.387 e. The lowest BCUT2D eigenvalue weighted by atomic mass is 10.1. The van der Waals surface area contributed by atoms with Crippen molar-refractivity contribution in [2.24, 2.45) is 0 Å². The summed E-state index contributed by atoms with van der Waals surface area (Å²) in [7, 11) is -4.55. The molecule has 0 saturated carbocycles. The van der Waals surface area contributed by atoms with Gasteiger partial charge in [-0.3, -0.25) is 9.36 Å². The number of anilines is 1. The number of aliphatic hydroxyl groups is 2. The number of nitrogens with one attached hydrogen (secondary N) is 2. The Morgan fingerprint density at radius 1 is 1.17 bits per heavy atom. The first kappa shape index (κ1) is 25.7. The molecule has 0 spiro atoms. The molecule has 1 aromatic carbocycles. The second-order valence-electron chi connectivity index (χ2n) is 7.79. The zero-order valence-electron chi connectivity index (χ0n) is 17.8. The molecule has 1 saturated heterocycles. The van der Waals surface area contributed by atoms with Crippen LogP contribution in [0.5, 0.6) is 0 Å². The number of halogens is 2. The molecule has 1 amide bonds. The normalized spacial score (nSPS) is 22.5. The van der Waals surface area contributed by atoms with Crippen LogP contribution >= 0.6 is 30.8 Å². The second-order valence-corrected chi connectivity index (χ2v) is 10.2. The topological polar surface area (TPSA) is 192 Å². The van der Waals surface area contributed by atoms with E-state index in [1.807, 2.05) is 18.2 Å². The predicted molar refractivity (Wildman–Crippen MR) is 125 cm³/mol. The molecule has 6 N–H and O–H groups in total. The van der Waals surface area contributed by atoms with Gasteiger partial charge in [0.1, 0.15) is 30.3 Å². The number of fused-ring (bicyclic) bond motifs is 1. The van der Waals surface area contributed by atoms with Crippen molar-refractivity contribution in [2.45, 2.75) is 31.1 Å². The van der Waals surface area contributed by atoms with Gasteiger partial charge in [-0.25, -0.2) is 4.68 Å². The summed E-state index contributed by atoms with van der Waals surface area (Å²) in [5, 5.41) is 31.5. The van der Waals surface area contributed by atoms with E-state index in [0.29, 0.717) is 22.8 Å². The molecule has 1 aliphatic rings. The molecule has 0 aliphatic carbocycles. The molecule has 2 aromatic heterocycles. The summed E-state index contributed by atoms with van der Waals surface area (Å²) in [6.07, 6.45) is -4.71. The van der Waals surface area contributed by atoms with Crippen molar-refractivity contribution < 1.29 is 34.1 Å². The number of hydrogen-bond acceptors (Lipinski definition) is 9. The summed E-state index contributed by atoms with van der Waals surface area (Å²) in [4.78, 5) is 37.8. The van der Waals surface area contributed by atoms with E-state index in [0.717, 1.165) is 5.56 Å². The van der Waals surface area contributed by atoms with Gasteiger partial charge < -0.3 is 35.4 Å². The number of aromatic nitrogens is 4. The SMILES string of the molecule is O=C(CP(=O)(O)O)NC[C@H]1O[C@@H](n2ncc3c(NCc4ccccc4Cl)nc(Cl)nc32)[C@H](O)[C@@H]1O. The molecule has 4 rings (SSSR count). The molecule has 3 aromatic rings. The van der Waals surface area contributed by atoms with E-state index < -0.39 is 44.2 Å². The van der Waals surface area contributed by atoms with Crippen LogP contribution in [0.15, 0.2) is 30.5 Å². The summed E-state index contributed by atoms with van der Waals surface area (Å²) in [5.74, 6) is -0.564. The van der Waals surface area contributed by atoms with Crippen LogP contribution in [0.2, 0.25) is 10.3 Å². The van der Waals surface area contributed by atoms with E-state index in [2.05, 4.69) is 25.7 Å². The van der Waals surface area contributed by atoms with E-state index in [9.17, 15) is 19.6 Å². The number of amides is 1. The van der Waals surface area contributed by atoms with E-state index in [4.69, 9.17) is 37.7 Å². The van der Waals surface area contributed by atoms with Gasteiger partial charge in [0.05, 0.1) is 11.6 Å². The maximum Gasteiger partial charge on any atom is 0.334 e. The third-order valence-electron chi connectivity index (χ3n) is 5.26. The van der Waals surface area contributed by atoms with Crippen molar-refractivity contribution in [2.75, 3.05) is 18.0 Å². The van der Waals surface area contributed by atoms with Gasteiger partial charge in [0.25, 0.3) is 0 Å². The molecular formula is C19H21Cl2N6O7P. The number of hydrogen-bond donors (Lipinski definition) is 6. The van der Waals surface area contributed by atoms with Gasteiger partial charge in [-0.1, -0.05) is 29.8 Å². The number of aliphatic hydroxyl groups excluding tert-OH is 2. The van der Waals surface area contributed by atoms with Crippen LogP contribution in [0, 0.1) is 0 Å². The molecule has 16 heteroatoms. The highest BCUT2D eigenvalue weighted by Crippen LogP contribution is 2.34. The average molecular weight is 547 g/mol. The number of carbonyl (C=O) groups is 1. The Balaban J connectivity index is 1.52. The van der Waals surface area contributed by atoms with E-state index >= 15 is 0 Å². The van der Waals surface area contributed by atoms with Crippen LogP contribution in [0.1, 0.15) is 11.8 Å². The highest BCUT2D eigenvalue weighted by Gasteiger charge is 2.45. The first-order chi connectivity index (χ1) is 16.5. The van der Waals surface area contributed by atoms with Gasteiger partial charge in [0.2, 0.25) is 11.2 Å². The lowest BCUT2D eigenvalue weighted by Crippen LogP contribution is -2.40. The fraction of sp³-hybridized carbons (Fsp3) is 0.368. The van der Waals surface area contributed by atoms with Gasteiger partial charge in [-0.05, 0) is 23.2 Å². The molecular weight excluding hydrogens is 526 g/mol. The minimum Gasteiger partial charge on any atom is -0.387 e. The highest BCUT2D eigenvalue weighted by molar-refractivity contribution is 7.52. The van der Waals surface area contributed by atoms with Gasteiger partial charge in [0, 0.05) is 18.1 Å². The minimum absolute atomic E-state index is 0.102. The maximum absolute atomic E-state index is 11.7. The smallest absolute Gasteiger partial charge is 0.334 e. The Morgan fingerprint density at radius 2 is 1.91 bits per heavy atom. The van der Waals surface area contributed by atoms with Crippen LogP contribution in [0.25, 0.3) is 11.0 Å². The summed E-state index contributed by atoms with van der Waals surface area (Å²) in [6, 6.07) is 7.27. The molecule has 1 aliphatic heterocycles. The zero-order chi connectivity index (χ0) is 25.3.